The molecule has 0 aliphatic heterocycles. The smallest absolute Gasteiger partial charge is 0.0813 e. The molecule has 1 N–H and O–H groups in total. The molecule has 1 fully saturated rings. The molecule has 2 unspecified atom stereocenters. The Morgan fingerprint density at radius 1 is 1.33 bits per heavy atom. The summed E-state index contributed by atoms with van der Waals surface area (Å²) in [5, 5.41) is 10.4. The van der Waals surface area contributed by atoms with Crippen LogP contribution in [0.15, 0.2) is 28.7 Å². The molecule has 1 aromatic carbocycles. The second-order valence-electron chi connectivity index (χ2n) is 5.93. The van der Waals surface area contributed by atoms with E-state index in [0.717, 1.165) is 42.1 Å². The van der Waals surface area contributed by atoms with E-state index in [-0.39, 0.29) is 0 Å². The second kappa shape index (κ2) is 8.28. The van der Waals surface area contributed by atoms with Gasteiger partial charge in [0.15, 0.2) is 0 Å². The highest BCUT2D eigenvalue weighted by Crippen LogP contribution is 2.35. The van der Waals surface area contributed by atoms with Crippen molar-refractivity contribution in [1.82, 2.24) is 4.90 Å². The van der Waals surface area contributed by atoms with E-state index in [1.165, 1.54) is 12.8 Å². The number of halogens is 1. The van der Waals surface area contributed by atoms with E-state index in [1.807, 2.05) is 24.3 Å². The van der Waals surface area contributed by atoms with Gasteiger partial charge in [0.1, 0.15) is 0 Å². The molecule has 0 bridgehead atoms. The van der Waals surface area contributed by atoms with Crippen molar-refractivity contribution < 1.29 is 9.84 Å². The van der Waals surface area contributed by atoms with Crippen LogP contribution in [0.2, 0.25) is 0 Å². The minimum Gasteiger partial charge on any atom is -0.388 e. The van der Waals surface area contributed by atoms with Gasteiger partial charge in [0.05, 0.1) is 12.7 Å². The fourth-order valence-corrected chi connectivity index (χ4v) is 3.34. The molecular weight excluding hydrogens is 330 g/mol. The zero-order valence-corrected chi connectivity index (χ0v) is 14.6. The third-order valence-corrected chi connectivity index (χ3v) is 5.14. The van der Waals surface area contributed by atoms with Crippen LogP contribution in [-0.4, -0.2) is 42.9 Å². The fourth-order valence-electron chi connectivity index (χ4n) is 2.79. The zero-order chi connectivity index (χ0) is 15.2. The van der Waals surface area contributed by atoms with Crippen molar-refractivity contribution in [2.75, 3.05) is 26.8 Å². The van der Waals surface area contributed by atoms with E-state index >= 15 is 0 Å². The van der Waals surface area contributed by atoms with Gasteiger partial charge in [0.2, 0.25) is 0 Å². The van der Waals surface area contributed by atoms with Crippen molar-refractivity contribution in [3.8, 4) is 0 Å². The summed E-state index contributed by atoms with van der Waals surface area (Å²) in [5.74, 6) is 0.836. The Morgan fingerprint density at radius 2 is 2.05 bits per heavy atom. The molecule has 2 rings (SSSR count). The number of aliphatic hydroxyl groups is 1. The normalized spacial score (nSPS) is 18.0. The average molecular weight is 356 g/mol. The molecule has 1 aliphatic carbocycles. The molecule has 0 spiro atoms. The maximum atomic E-state index is 10.4. The first kappa shape index (κ1) is 16.9. The van der Waals surface area contributed by atoms with Gasteiger partial charge in [-0.2, -0.15) is 0 Å². The van der Waals surface area contributed by atoms with Gasteiger partial charge in [0.25, 0.3) is 0 Å². The Balaban J connectivity index is 1.89. The third-order valence-electron chi connectivity index (χ3n) is 4.42. The van der Waals surface area contributed by atoms with Gasteiger partial charge < -0.3 is 9.84 Å². The molecule has 0 heterocycles. The van der Waals surface area contributed by atoms with E-state index in [0.29, 0.717) is 6.04 Å². The predicted molar refractivity (Wildman–Crippen MR) is 89.4 cm³/mol. The Morgan fingerprint density at radius 3 is 2.67 bits per heavy atom. The molecule has 1 aliphatic rings. The molecular formula is C17H26BrNO2. The Kier molecular flexibility index (Phi) is 6.68. The number of aliphatic hydroxyl groups excluding tert-OH is 1. The molecule has 2 atom stereocenters. The van der Waals surface area contributed by atoms with Crippen LogP contribution in [0.25, 0.3) is 0 Å². The first-order valence-corrected chi connectivity index (χ1v) is 8.58. The molecule has 1 aromatic rings. The topological polar surface area (TPSA) is 32.7 Å². The zero-order valence-electron chi connectivity index (χ0n) is 13.0. The van der Waals surface area contributed by atoms with Gasteiger partial charge in [-0.1, -0.05) is 34.1 Å². The third kappa shape index (κ3) is 5.06. The Labute approximate surface area is 136 Å². The molecule has 0 aromatic heterocycles. The van der Waals surface area contributed by atoms with E-state index in [4.69, 9.17) is 4.74 Å². The highest BCUT2D eigenvalue weighted by molar-refractivity contribution is 9.10. The number of hydrogen-bond donors (Lipinski definition) is 1. The maximum absolute atomic E-state index is 10.4. The van der Waals surface area contributed by atoms with Gasteiger partial charge in [-0.25, -0.2) is 0 Å². The van der Waals surface area contributed by atoms with E-state index in [9.17, 15) is 5.11 Å². The van der Waals surface area contributed by atoms with Gasteiger partial charge in [-0.15, -0.1) is 0 Å². The summed E-state index contributed by atoms with van der Waals surface area (Å²) < 4.78 is 6.20. The summed E-state index contributed by atoms with van der Waals surface area (Å²) in [6.45, 7) is 4.90. The summed E-state index contributed by atoms with van der Waals surface area (Å²) in [6.07, 6.45) is 3.02. The quantitative estimate of drug-likeness (QED) is 0.734. The largest absolute Gasteiger partial charge is 0.388 e. The van der Waals surface area contributed by atoms with Crippen molar-refractivity contribution in [3.05, 3.63) is 34.3 Å². The molecule has 0 amide bonds. The molecule has 21 heavy (non-hydrogen) atoms. The lowest BCUT2D eigenvalue weighted by molar-refractivity contribution is 0.0915. The SMILES string of the molecule is COCCN(CCC(O)c1ccccc1Br)C(C)C1CC1. The average Bonchev–Trinajstić information content (AvgIpc) is 3.31. The van der Waals surface area contributed by atoms with Crippen LogP contribution in [0.1, 0.15) is 37.9 Å². The molecule has 118 valence electrons. The van der Waals surface area contributed by atoms with Crippen LogP contribution in [-0.2, 0) is 4.74 Å². The molecule has 3 nitrogen and oxygen atoms in total. The summed E-state index contributed by atoms with van der Waals surface area (Å²) in [4.78, 5) is 2.46. The number of ether oxygens (including phenoxy) is 1. The number of nitrogens with zero attached hydrogens (tertiary/aromatic N) is 1. The standard InChI is InChI=1S/C17H26BrNO2/c1-13(14-7-8-14)19(11-12-21-2)10-9-17(20)15-5-3-4-6-16(15)18/h3-6,13-14,17,20H,7-12H2,1-2H3. The highest BCUT2D eigenvalue weighted by Gasteiger charge is 2.31. The van der Waals surface area contributed by atoms with Gasteiger partial charge in [0, 0.05) is 30.7 Å². The predicted octanol–water partition coefficient (Wildman–Crippen LogP) is 3.62. The summed E-state index contributed by atoms with van der Waals surface area (Å²) >= 11 is 3.51. The van der Waals surface area contributed by atoms with Gasteiger partial charge in [-0.05, 0) is 43.7 Å². The lowest BCUT2D eigenvalue weighted by Gasteiger charge is -2.30. The summed E-state index contributed by atoms with van der Waals surface area (Å²) in [7, 11) is 1.75. The molecule has 0 radical (unpaired) electrons. The van der Waals surface area contributed by atoms with Crippen LogP contribution < -0.4 is 0 Å². The van der Waals surface area contributed by atoms with E-state index < -0.39 is 6.10 Å². The van der Waals surface area contributed by atoms with Crippen molar-refractivity contribution in [1.29, 1.82) is 0 Å². The number of methoxy groups -OCH3 is 1. The van der Waals surface area contributed by atoms with E-state index in [1.54, 1.807) is 7.11 Å². The van der Waals surface area contributed by atoms with E-state index in [2.05, 4.69) is 27.8 Å². The lowest BCUT2D eigenvalue weighted by atomic mass is 10.1. The number of benzene rings is 1. The number of rotatable bonds is 9. The number of hydrogen-bond acceptors (Lipinski definition) is 3. The highest BCUT2D eigenvalue weighted by atomic mass is 79.9. The Bertz CT molecular complexity index is 437. The first-order chi connectivity index (χ1) is 10.1. The summed E-state index contributed by atoms with van der Waals surface area (Å²) in [6, 6.07) is 8.50. The van der Waals surface area contributed by atoms with Crippen LogP contribution in [0.4, 0.5) is 0 Å². The monoisotopic (exact) mass is 355 g/mol. The minimum atomic E-state index is -0.419. The Hall–Kier alpha value is -0.420. The van der Waals surface area contributed by atoms with Crippen LogP contribution >= 0.6 is 15.9 Å². The minimum absolute atomic E-state index is 0.419. The summed E-state index contributed by atoms with van der Waals surface area (Å²) in [5.41, 5.74) is 0.975. The maximum Gasteiger partial charge on any atom is 0.0813 e. The fraction of sp³-hybridized carbons (Fsp3) is 0.647. The van der Waals surface area contributed by atoms with Crippen molar-refractivity contribution in [2.24, 2.45) is 5.92 Å². The molecule has 1 saturated carbocycles. The second-order valence-corrected chi connectivity index (χ2v) is 6.79. The first-order valence-electron chi connectivity index (χ1n) is 7.79. The van der Waals surface area contributed by atoms with Crippen molar-refractivity contribution in [2.45, 2.75) is 38.3 Å². The van der Waals surface area contributed by atoms with Crippen LogP contribution in [0.3, 0.4) is 0 Å². The van der Waals surface area contributed by atoms with Crippen LogP contribution in [0.5, 0.6) is 0 Å². The van der Waals surface area contributed by atoms with Crippen molar-refractivity contribution >= 4 is 15.9 Å². The van der Waals surface area contributed by atoms with Gasteiger partial charge in [-0.3, -0.25) is 4.90 Å². The van der Waals surface area contributed by atoms with Crippen LogP contribution in [0, 0.1) is 5.92 Å². The molecule has 0 saturated heterocycles. The van der Waals surface area contributed by atoms with Gasteiger partial charge >= 0.3 is 0 Å². The lowest BCUT2D eigenvalue weighted by Crippen LogP contribution is -2.38. The van der Waals surface area contributed by atoms with Crippen molar-refractivity contribution in [3.63, 3.8) is 0 Å². The molecule has 4 heteroatoms.